The van der Waals surface area contributed by atoms with Crippen molar-refractivity contribution in [2.75, 3.05) is 36.8 Å². The first-order chi connectivity index (χ1) is 17.4. The number of likely N-dealkylation sites (tertiary alicyclic amines) is 1. The molecule has 4 heterocycles. The number of piperidine rings is 1. The third-order valence-electron chi connectivity index (χ3n) is 5.97. The number of carbonyl (C=O) groups excluding carboxylic acids is 1. The van der Waals surface area contributed by atoms with E-state index in [9.17, 15) is 31.1 Å². The van der Waals surface area contributed by atoms with E-state index in [1.54, 1.807) is 19.1 Å². The van der Waals surface area contributed by atoms with E-state index in [2.05, 4.69) is 30.0 Å². The Hall–Kier alpha value is -3.07. The molecule has 2 aromatic heterocycles. The van der Waals surface area contributed by atoms with Gasteiger partial charge >= 0.3 is 12.4 Å². The van der Waals surface area contributed by atoms with Gasteiger partial charge in [0.15, 0.2) is 6.04 Å². The van der Waals surface area contributed by atoms with Gasteiger partial charge in [-0.2, -0.15) is 30.7 Å². The number of hydrogen-bond donors (Lipinski definition) is 2. The molecule has 2 aliphatic rings. The summed E-state index contributed by atoms with van der Waals surface area (Å²) in [6, 6.07) is 1.51. The Morgan fingerprint density at radius 3 is 2.46 bits per heavy atom. The molecule has 37 heavy (non-hydrogen) atoms. The van der Waals surface area contributed by atoms with Crippen LogP contribution in [0.4, 0.5) is 37.0 Å². The van der Waals surface area contributed by atoms with Crippen molar-refractivity contribution in [1.29, 1.82) is 0 Å². The molecule has 4 rings (SSSR count). The van der Waals surface area contributed by atoms with E-state index in [1.807, 2.05) is 0 Å². The summed E-state index contributed by atoms with van der Waals surface area (Å²) in [7, 11) is 0. The van der Waals surface area contributed by atoms with E-state index in [0.29, 0.717) is 42.3 Å². The van der Waals surface area contributed by atoms with Crippen LogP contribution in [-0.4, -0.2) is 76.8 Å². The first-order valence-corrected chi connectivity index (χ1v) is 12.1. The van der Waals surface area contributed by atoms with Crippen molar-refractivity contribution < 1.29 is 31.1 Å². The molecule has 1 fully saturated rings. The van der Waals surface area contributed by atoms with Gasteiger partial charge in [0.2, 0.25) is 0 Å². The Kier molecular flexibility index (Phi) is 7.83. The number of nitrogens with zero attached hydrogens (tertiary/aromatic N) is 5. The Labute approximate surface area is 212 Å². The number of carbonyl (C=O) groups is 1. The molecule has 15 heteroatoms. The van der Waals surface area contributed by atoms with Crippen LogP contribution >= 0.6 is 11.5 Å². The third-order valence-corrected chi connectivity index (χ3v) is 6.83. The van der Waals surface area contributed by atoms with Gasteiger partial charge in [-0.3, -0.25) is 24.7 Å². The number of hydrogen-bond acceptors (Lipinski definition) is 8. The summed E-state index contributed by atoms with van der Waals surface area (Å²) in [4.78, 5) is 26.0. The smallest absolute Gasteiger partial charge is 0.329 e. The molecule has 1 unspecified atom stereocenters. The number of anilines is 2. The SMILES string of the molecule is Cc1nsc(NC2=NCC(C(F)(F)F)N=C2)c1C(=O)Nc1ccc(C2CCN(CC(F)(F)F)CC2)nc1. The van der Waals surface area contributed by atoms with E-state index in [4.69, 9.17) is 0 Å². The molecule has 0 aliphatic carbocycles. The monoisotopic (exact) mass is 547 g/mol. The highest BCUT2D eigenvalue weighted by Crippen LogP contribution is 2.30. The maximum absolute atomic E-state index is 12.9. The van der Waals surface area contributed by atoms with Crippen molar-refractivity contribution in [3.05, 3.63) is 35.3 Å². The summed E-state index contributed by atoms with van der Waals surface area (Å²) in [5.74, 6) is -0.376. The van der Waals surface area contributed by atoms with Gasteiger partial charge in [0, 0.05) is 11.6 Å². The van der Waals surface area contributed by atoms with E-state index in [0.717, 1.165) is 23.4 Å². The van der Waals surface area contributed by atoms with Gasteiger partial charge in [0.25, 0.3) is 5.91 Å². The van der Waals surface area contributed by atoms with E-state index >= 15 is 0 Å². The number of alkyl halides is 6. The summed E-state index contributed by atoms with van der Waals surface area (Å²) in [6.07, 6.45) is -5.13. The molecule has 0 radical (unpaired) electrons. The van der Waals surface area contributed by atoms with Crippen LogP contribution in [0.1, 0.15) is 40.5 Å². The fraction of sp³-hybridized carbons (Fsp3) is 0.500. The average Bonchev–Trinajstić information content (AvgIpc) is 3.19. The van der Waals surface area contributed by atoms with E-state index < -0.39 is 37.4 Å². The predicted octanol–water partition coefficient (Wildman–Crippen LogP) is 4.67. The Morgan fingerprint density at radius 2 is 1.89 bits per heavy atom. The number of halogens is 6. The fourth-order valence-corrected chi connectivity index (χ4v) is 4.89. The van der Waals surface area contributed by atoms with Crippen LogP contribution in [-0.2, 0) is 0 Å². The normalized spacial score (nSPS) is 19.5. The molecular weight excluding hydrogens is 524 g/mol. The standard InChI is InChI=1S/C22H23F6N7OS/c1-12-18(20(37-34-12)33-17-10-30-16(9-31-17)22(26,27)28)19(36)32-14-2-3-15(29-8-14)13-4-6-35(7-5-13)11-21(23,24)25/h2-3,8,10,13,16H,4-7,9,11H2,1H3,(H,31,33)(H,32,36). The molecule has 2 aliphatic heterocycles. The van der Waals surface area contributed by atoms with Gasteiger partial charge in [-0.05, 0) is 56.5 Å². The zero-order valence-corrected chi connectivity index (χ0v) is 20.3. The van der Waals surface area contributed by atoms with Gasteiger partial charge in [-0.25, -0.2) is 0 Å². The minimum atomic E-state index is -4.48. The molecule has 8 nitrogen and oxygen atoms in total. The van der Waals surface area contributed by atoms with Crippen LogP contribution < -0.4 is 10.6 Å². The van der Waals surface area contributed by atoms with Crippen LogP contribution in [0, 0.1) is 6.92 Å². The van der Waals surface area contributed by atoms with E-state index in [-0.39, 0.29) is 17.3 Å². The van der Waals surface area contributed by atoms with Crippen molar-refractivity contribution in [3.63, 3.8) is 0 Å². The highest BCUT2D eigenvalue weighted by molar-refractivity contribution is 7.11. The molecule has 1 saturated heterocycles. The predicted molar refractivity (Wildman–Crippen MR) is 128 cm³/mol. The van der Waals surface area contributed by atoms with Crippen LogP contribution in [0.15, 0.2) is 28.3 Å². The number of pyridine rings is 1. The second kappa shape index (κ2) is 10.7. The Bertz CT molecular complexity index is 1170. The molecule has 0 bridgehead atoms. The second-order valence-corrected chi connectivity index (χ2v) is 9.52. The average molecular weight is 548 g/mol. The molecule has 200 valence electrons. The lowest BCUT2D eigenvalue weighted by Crippen LogP contribution is -2.39. The molecule has 0 saturated carbocycles. The van der Waals surface area contributed by atoms with Crippen molar-refractivity contribution in [2.45, 2.75) is 44.1 Å². The fourth-order valence-electron chi connectivity index (χ4n) is 4.09. The van der Waals surface area contributed by atoms with Gasteiger partial charge in [-0.15, -0.1) is 0 Å². The van der Waals surface area contributed by atoms with Gasteiger partial charge < -0.3 is 10.6 Å². The number of amides is 1. The Balaban J connectivity index is 1.35. The maximum Gasteiger partial charge on any atom is 0.412 e. The molecule has 0 aromatic carbocycles. The van der Waals surface area contributed by atoms with Crippen molar-refractivity contribution in [2.24, 2.45) is 9.98 Å². The summed E-state index contributed by atoms with van der Waals surface area (Å²) >= 11 is 0.963. The second-order valence-electron chi connectivity index (χ2n) is 8.75. The lowest BCUT2D eigenvalue weighted by Gasteiger charge is -2.32. The number of rotatable bonds is 5. The van der Waals surface area contributed by atoms with Crippen molar-refractivity contribution >= 4 is 40.2 Å². The van der Waals surface area contributed by atoms with Crippen molar-refractivity contribution in [1.82, 2.24) is 14.3 Å². The van der Waals surface area contributed by atoms with Crippen molar-refractivity contribution in [3.8, 4) is 0 Å². The lowest BCUT2D eigenvalue weighted by molar-refractivity contribution is -0.148. The third kappa shape index (κ3) is 7.03. The number of nitrogens with one attached hydrogen (secondary N) is 2. The zero-order chi connectivity index (χ0) is 26.8. The van der Waals surface area contributed by atoms with Gasteiger partial charge in [-0.1, -0.05) is 0 Å². The maximum atomic E-state index is 12.9. The number of aryl methyl sites for hydroxylation is 1. The lowest BCUT2D eigenvalue weighted by atomic mass is 9.93. The zero-order valence-electron chi connectivity index (χ0n) is 19.5. The minimum absolute atomic E-state index is 0.0308. The summed E-state index contributed by atoms with van der Waals surface area (Å²) in [5, 5.41) is 5.85. The molecule has 2 N–H and O–H groups in total. The topological polar surface area (TPSA) is 94.9 Å². The number of amidine groups is 1. The first kappa shape index (κ1) is 27.0. The summed E-state index contributed by atoms with van der Waals surface area (Å²) < 4.78 is 80.2. The van der Waals surface area contributed by atoms with Gasteiger partial charge in [0.1, 0.15) is 10.8 Å². The largest absolute Gasteiger partial charge is 0.412 e. The molecule has 1 atom stereocenters. The van der Waals surface area contributed by atoms with E-state index in [1.165, 1.54) is 11.1 Å². The Morgan fingerprint density at radius 1 is 1.16 bits per heavy atom. The quantitative estimate of drug-likeness (QED) is 0.531. The number of aliphatic imine (C=N–C) groups is 2. The molecule has 1 amide bonds. The van der Waals surface area contributed by atoms with Crippen LogP contribution in [0.3, 0.4) is 0 Å². The van der Waals surface area contributed by atoms with Crippen LogP contribution in [0.25, 0.3) is 0 Å². The first-order valence-electron chi connectivity index (χ1n) is 11.3. The van der Waals surface area contributed by atoms with Crippen LogP contribution in [0.2, 0.25) is 0 Å². The highest BCUT2D eigenvalue weighted by atomic mass is 32.1. The summed E-state index contributed by atoms with van der Waals surface area (Å²) in [6.45, 7) is 0.815. The summed E-state index contributed by atoms with van der Waals surface area (Å²) in [5.41, 5.74) is 1.78. The highest BCUT2D eigenvalue weighted by Gasteiger charge is 2.40. The molecular formula is C22H23F6N7OS. The molecule has 0 spiro atoms. The van der Waals surface area contributed by atoms with Crippen LogP contribution in [0.5, 0.6) is 0 Å². The van der Waals surface area contributed by atoms with Gasteiger partial charge in [0.05, 0.1) is 42.4 Å². The number of aromatic nitrogens is 2. The minimum Gasteiger partial charge on any atom is -0.329 e. The molecule has 2 aromatic rings.